The molecule has 0 spiro atoms. The Kier molecular flexibility index (Phi) is 4.61. The fraction of sp³-hybridized carbons (Fsp3) is 0.364. The zero-order chi connectivity index (χ0) is 13.7. The molecule has 0 radical (unpaired) electrons. The van der Waals surface area contributed by atoms with Crippen molar-refractivity contribution < 1.29 is 19.2 Å². The molecule has 1 N–H and O–H groups in total. The summed E-state index contributed by atoms with van der Waals surface area (Å²) < 4.78 is 9.71. The zero-order valence-electron chi connectivity index (χ0n) is 10.3. The van der Waals surface area contributed by atoms with Gasteiger partial charge in [0.1, 0.15) is 17.5 Å². The molecule has 0 heterocycles. The number of carbonyl (C=O) groups is 1. The number of hydrogen-bond acceptors (Lipinski definition) is 5. The summed E-state index contributed by atoms with van der Waals surface area (Å²) >= 11 is 0. The Balaban J connectivity index is 3.01. The van der Waals surface area contributed by atoms with Gasteiger partial charge in [0.15, 0.2) is 0 Å². The van der Waals surface area contributed by atoms with Crippen molar-refractivity contribution in [3.05, 3.63) is 28.3 Å². The van der Waals surface area contributed by atoms with E-state index in [0.29, 0.717) is 5.75 Å². The highest BCUT2D eigenvalue weighted by Crippen LogP contribution is 2.29. The Hall–Kier alpha value is -2.15. The van der Waals surface area contributed by atoms with Crippen molar-refractivity contribution in [2.45, 2.75) is 13.0 Å². The Morgan fingerprint density at radius 3 is 2.61 bits per heavy atom. The number of ether oxygens (including phenoxy) is 2. The second-order valence-electron chi connectivity index (χ2n) is 3.51. The first-order valence-electron chi connectivity index (χ1n) is 5.15. The van der Waals surface area contributed by atoms with Crippen LogP contribution < -0.4 is 10.1 Å². The lowest BCUT2D eigenvalue weighted by Crippen LogP contribution is -2.26. The largest absolute Gasteiger partial charge is 0.496 e. The molecule has 1 amide bonds. The first-order valence-corrected chi connectivity index (χ1v) is 5.15. The van der Waals surface area contributed by atoms with Crippen LogP contribution in [0.25, 0.3) is 0 Å². The van der Waals surface area contributed by atoms with Gasteiger partial charge in [-0.25, -0.2) is 0 Å². The lowest BCUT2D eigenvalue weighted by atomic mass is 10.2. The minimum Gasteiger partial charge on any atom is -0.496 e. The number of nitrogens with zero attached hydrogens (tertiary/aromatic N) is 1. The molecule has 1 atom stereocenters. The lowest BCUT2D eigenvalue weighted by molar-refractivity contribution is -0.384. The molecule has 18 heavy (non-hydrogen) atoms. The first kappa shape index (κ1) is 13.9. The van der Waals surface area contributed by atoms with Gasteiger partial charge in [-0.15, -0.1) is 0 Å². The van der Waals surface area contributed by atoms with Gasteiger partial charge in [0.25, 0.3) is 11.6 Å². The first-order chi connectivity index (χ1) is 8.49. The molecule has 1 unspecified atom stereocenters. The SMILES string of the molecule is COc1ccc(NC(=O)C(C)OC)c([N+](=O)[O-])c1. The number of methoxy groups -OCH3 is 2. The molecule has 1 aromatic carbocycles. The molecule has 0 saturated carbocycles. The van der Waals surface area contributed by atoms with Crippen LogP contribution in [0.4, 0.5) is 11.4 Å². The van der Waals surface area contributed by atoms with Gasteiger partial charge in [-0.2, -0.15) is 0 Å². The van der Waals surface area contributed by atoms with Crippen LogP contribution in [-0.4, -0.2) is 31.2 Å². The standard InChI is InChI=1S/C11H14N2O5/c1-7(17-2)11(14)12-9-5-4-8(18-3)6-10(9)13(15)16/h4-7H,1-3H3,(H,12,14). The summed E-state index contributed by atoms with van der Waals surface area (Å²) in [6.45, 7) is 1.55. The van der Waals surface area contributed by atoms with Gasteiger partial charge in [0.2, 0.25) is 0 Å². The molecular formula is C11H14N2O5. The Labute approximate surface area is 104 Å². The van der Waals surface area contributed by atoms with E-state index in [1.165, 1.54) is 32.4 Å². The van der Waals surface area contributed by atoms with E-state index in [4.69, 9.17) is 9.47 Å². The van der Waals surface area contributed by atoms with Gasteiger partial charge in [0.05, 0.1) is 18.1 Å². The summed E-state index contributed by atoms with van der Waals surface area (Å²) in [5, 5.41) is 13.3. The number of nitro groups is 1. The normalized spacial score (nSPS) is 11.7. The lowest BCUT2D eigenvalue weighted by Gasteiger charge is -2.11. The van der Waals surface area contributed by atoms with E-state index < -0.39 is 16.9 Å². The molecule has 98 valence electrons. The number of rotatable bonds is 5. The quantitative estimate of drug-likeness (QED) is 0.636. The Morgan fingerprint density at radius 1 is 1.44 bits per heavy atom. The van der Waals surface area contributed by atoms with Crippen LogP contribution in [0.5, 0.6) is 5.75 Å². The van der Waals surface area contributed by atoms with Crippen molar-refractivity contribution in [3.63, 3.8) is 0 Å². The average molecular weight is 254 g/mol. The van der Waals surface area contributed by atoms with Crippen LogP contribution in [-0.2, 0) is 9.53 Å². The van der Waals surface area contributed by atoms with Crippen molar-refractivity contribution in [3.8, 4) is 5.75 Å². The number of benzene rings is 1. The summed E-state index contributed by atoms with van der Waals surface area (Å²) in [6.07, 6.45) is -0.688. The van der Waals surface area contributed by atoms with Crippen molar-refractivity contribution in [1.82, 2.24) is 0 Å². The van der Waals surface area contributed by atoms with Gasteiger partial charge >= 0.3 is 0 Å². The zero-order valence-corrected chi connectivity index (χ0v) is 10.3. The van der Waals surface area contributed by atoms with Gasteiger partial charge in [-0.3, -0.25) is 14.9 Å². The van der Waals surface area contributed by atoms with Gasteiger partial charge in [-0.1, -0.05) is 0 Å². The van der Waals surface area contributed by atoms with E-state index in [2.05, 4.69) is 5.32 Å². The summed E-state index contributed by atoms with van der Waals surface area (Å²) in [6, 6.07) is 4.18. The predicted octanol–water partition coefficient (Wildman–Crippen LogP) is 1.58. The number of hydrogen-bond donors (Lipinski definition) is 1. The van der Waals surface area contributed by atoms with E-state index in [0.717, 1.165) is 0 Å². The van der Waals surface area contributed by atoms with Crippen molar-refractivity contribution in [2.75, 3.05) is 19.5 Å². The summed E-state index contributed by atoms with van der Waals surface area (Å²) in [5.74, 6) is -0.106. The average Bonchev–Trinajstić information content (AvgIpc) is 2.37. The monoisotopic (exact) mass is 254 g/mol. The summed E-state index contributed by atoms with van der Waals surface area (Å²) in [7, 11) is 2.79. The maximum absolute atomic E-state index is 11.6. The molecule has 0 aromatic heterocycles. The molecule has 1 rings (SSSR count). The summed E-state index contributed by atoms with van der Waals surface area (Å²) in [5.41, 5.74) is -0.124. The molecule has 0 aliphatic carbocycles. The number of nitrogens with one attached hydrogen (secondary N) is 1. The predicted molar refractivity (Wildman–Crippen MR) is 64.7 cm³/mol. The minimum absolute atomic E-state index is 0.106. The van der Waals surface area contributed by atoms with Crippen LogP contribution in [0.3, 0.4) is 0 Å². The van der Waals surface area contributed by atoms with E-state index >= 15 is 0 Å². The third-order valence-corrected chi connectivity index (χ3v) is 2.38. The Bertz CT molecular complexity index is 461. The van der Waals surface area contributed by atoms with E-state index in [-0.39, 0.29) is 11.4 Å². The van der Waals surface area contributed by atoms with Gasteiger partial charge < -0.3 is 14.8 Å². The summed E-state index contributed by atoms with van der Waals surface area (Å²) in [4.78, 5) is 21.9. The van der Waals surface area contributed by atoms with Crippen molar-refractivity contribution in [1.29, 1.82) is 0 Å². The number of carbonyl (C=O) groups excluding carboxylic acids is 1. The van der Waals surface area contributed by atoms with E-state index in [1.54, 1.807) is 6.92 Å². The fourth-order valence-corrected chi connectivity index (χ4v) is 1.24. The molecule has 0 bridgehead atoms. The highest BCUT2D eigenvalue weighted by atomic mass is 16.6. The highest BCUT2D eigenvalue weighted by molar-refractivity contribution is 5.96. The molecule has 0 aliphatic rings. The molecule has 1 aromatic rings. The van der Waals surface area contributed by atoms with Gasteiger partial charge in [0, 0.05) is 7.11 Å². The van der Waals surface area contributed by atoms with Crippen LogP contribution in [0.2, 0.25) is 0 Å². The third kappa shape index (κ3) is 3.17. The van der Waals surface area contributed by atoms with Crippen LogP contribution in [0, 0.1) is 10.1 Å². The third-order valence-electron chi connectivity index (χ3n) is 2.38. The van der Waals surface area contributed by atoms with Crippen molar-refractivity contribution in [2.24, 2.45) is 0 Å². The number of anilines is 1. The van der Waals surface area contributed by atoms with Crippen LogP contribution in [0.15, 0.2) is 18.2 Å². The van der Waals surface area contributed by atoms with Gasteiger partial charge in [-0.05, 0) is 19.1 Å². The highest BCUT2D eigenvalue weighted by Gasteiger charge is 2.19. The molecular weight excluding hydrogens is 240 g/mol. The smallest absolute Gasteiger partial charge is 0.296 e. The van der Waals surface area contributed by atoms with E-state index in [1.807, 2.05) is 0 Å². The van der Waals surface area contributed by atoms with E-state index in [9.17, 15) is 14.9 Å². The molecule has 7 nitrogen and oxygen atoms in total. The Morgan fingerprint density at radius 2 is 2.11 bits per heavy atom. The number of amides is 1. The van der Waals surface area contributed by atoms with Crippen LogP contribution in [0.1, 0.15) is 6.92 Å². The second-order valence-corrected chi connectivity index (χ2v) is 3.51. The molecule has 7 heteroatoms. The molecule has 0 fully saturated rings. The fourth-order valence-electron chi connectivity index (χ4n) is 1.24. The molecule has 0 aliphatic heterocycles. The minimum atomic E-state index is -0.688. The second kappa shape index (κ2) is 5.97. The number of nitro benzene ring substituents is 1. The maximum atomic E-state index is 11.6. The van der Waals surface area contributed by atoms with Crippen LogP contribution >= 0.6 is 0 Å². The molecule has 0 saturated heterocycles. The maximum Gasteiger partial charge on any atom is 0.296 e. The topological polar surface area (TPSA) is 90.7 Å². The van der Waals surface area contributed by atoms with Crippen molar-refractivity contribution >= 4 is 17.3 Å².